The number of likely N-dealkylation sites (tertiary alicyclic amines) is 1. The van der Waals surface area contributed by atoms with Crippen LogP contribution in [0.15, 0.2) is 47.4 Å². The lowest BCUT2D eigenvalue weighted by Gasteiger charge is -2.28. The predicted molar refractivity (Wildman–Crippen MR) is 125 cm³/mol. The van der Waals surface area contributed by atoms with E-state index in [9.17, 15) is 18.3 Å². The molecule has 2 aromatic rings. The molecule has 0 aliphatic carbocycles. The standard InChI is InChI=1S/C22H31N3O4S2/c23-11-3-4-13-30-16-19-8-5-12-25(19)22(27)21(15-26)24-31(28,29)20-10-9-17-6-1-2-7-18(17)14-20/h1-2,6-7,9-10,14,19,21,24,26H,3-5,8,11-13,15-16,23H2/t19-,21-/m0/s1. The molecule has 1 amide bonds. The molecular formula is C22H31N3O4S2. The van der Waals surface area contributed by atoms with Gasteiger partial charge >= 0.3 is 0 Å². The van der Waals surface area contributed by atoms with Crippen LogP contribution in [-0.2, 0) is 14.8 Å². The Kier molecular flexibility index (Phi) is 8.74. The molecular weight excluding hydrogens is 434 g/mol. The first-order valence-corrected chi connectivity index (χ1v) is 13.3. The van der Waals surface area contributed by atoms with Crippen molar-refractivity contribution in [3.8, 4) is 0 Å². The summed E-state index contributed by atoms with van der Waals surface area (Å²) < 4.78 is 28.2. The van der Waals surface area contributed by atoms with E-state index in [1.54, 1.807) is 28.8 Å². The molecule has 2 atom stereocenters. The summed E-state index contributed by atoms with van der Waals surface area (Å²) in [5.41, 5.74) is 5.52. The van der Waals surface area contributed by atoms with Gasteiger partial charge in [0.25, 0.3) is 0 Å². The van der Waals surface area contributed by atoms with Gasteiger partial charge in [0.1, 0.15) is 6.04 Å². The van der Waals surface area contributed by atoms with Gasteiger partial charge in [-0.05, 0) is 60.9 Å². The second kappa shape index (κ2) is 11.3. The molecule has 1 heterocycles. The molecule has 0 saturated carbocycles. The van der Waals surface area contributed by atoms with Gasteiger partial charge in [0.15, 0.2) is 0 Å². The number of nitrogens with two attached hydrogens (primary N) is 1. The average Bonchev–Trinajstić information content (AvgIpc) is 3.25. The number of carbonyl (C=O) groups excluding carboxylic acids is 1. The summed E-state index contributed by atoms with van der Waals surface area (Å²) in [4.78, 5) is 14.9. The second-order valence-corrected chi connectivity index (χ2v) is 10.6. The van der Waals surface area contributed by atoms with Crippen molar-refractivity contribution in [2.75, 3.05) is 31.2 Å². The highest BCUT2D eigenvalue weighted by Gasteiger charge is 2.35. The smallest absolute Gasteiger partial charge is 0.243 e. The third kappa shape index (κ3) is 6.20. The molecule has 0 spiro atoms. The SMILES string of the molecule is NCCCCSC[C@@H]1CCCN1C(=O)[C@H](CO)NS(=O)(=O)c1ccc2ccccc2c1. The molecule has 4 N–H and O–H groups in total. The first kappa shape index (κ1) is 24.0. The van der Waals surface area contributed by atoms with Crippen molar-refractivity contribution in [3.63, 3.8) is 0 Å². The number of nitrogens with zero attached hydrogens (tertiary/aromatic N) is 1. The summed E-state index contributed by atoms with van der Waals surface area (Å²) in [6, 6.07) is 11.2. The van der Waals surface area contributed by atoms with Crippen LogP contribution < -0.4 is 10.5 Å². The van der Waals surface area contributed by atoms with Crippen molar-refractivity contribution in [2.24, 2.45) is 5.73 Å². The normalized spacial score (nSPS) is 17.9. The van der Waals surface area contributed by atoms with Gasteiger partial charge in [-0.15, -0.1) is 0 Å². The van der Waals surface area contributed by atoms with Gasteiger partial charge in [0, 0.05) is 18.3 Å². The Morgan fingerprint density at radius 3 is 2.74 bits per heavy atom. The zero-order valence-corrected chi connectivity index (χ0v) is 19.2. The van der Waals surface area contributed by atoms with E-state index in [4.69, 9.17) is 5.73 Å². The lowest BCUT2D eigenvalue weighted by molar-refractivity contribution is -0.134. The van der Waals surface area contributed by atoms with Gasteiger partial charge in [-0.1, -0.05) is 30.3 Å². The van der Waals surface area contributed by atoms with Crippen LogP contribution in [0.4, 0.5) is 0 Å². The third-order valence-corrected chi connectivity index (χ3v) is 8.19. The van der Waals surface area contributed by atoms with Gasteiger partial charge in [-0.2, -0.15) is 16.5 Å². The van der Waals surface area contributed by atoms with Crippen molar-refractivity contribution in [1.82, 2.24) is 9.62 Å². The lowest BCUT2D eigenvalue weighted by Crippen LogP contribution is -2.52. The van der Waals surface area contributed by atoms with E-state index in [1.165, 1.54) is 6.07 Å². The highest BCUT2D eigenvalue weighted by Crippen LogP contribution is 2.23. The maximum absolute atomic E-state index is 13.1. The van der Waals surface area contributed by atoms with Gasteiger partial charge < -0.3 is 15.7 Å². The monoisotopic (exact) mass is 465 g/mol. The van der Waals surface area contributed by atoms with E-state index >= 15 is 0 Å². The number of hydrogen-bond acceptors (Lipinski definition) is 6. The van der Waals surface area contributed by atoms with Crippen molar-refractivity contribution in [1.29, 1.82) is 0 Å². The van der Waals surface area contributed by atoms with E-state index in [0.29, 0.717) is 13.1 Å². The number of fused-ring (bicyclic) bond motifs is 1. The maximum Gasteiger partial charge on any atom is 0.243 e. The number of amides is 1. The van der Waals surface area contributed by atoms with Crippen molar-refractivity contribution in [2.45, 2.75) is 42.7 Å². The van der Waals surface area contributed by atoms with Crippen LogP contribution >= 0.6 is 11.8 Å². The molecule has 170 valence electrons. The molecule has 9 heteroatoms. The zero-order chi connectivity index (χ0) is 22.3. The predicted octanol–water partition coefficient (Wildman–Crippen LogP) is 1.94. The van der Waals surface area contributed by atoms with E-state index in [2.05, 4.69) is 4.72 Å². The molecule has 0 radical (unpaired) electrons. The Labute approximate surface area is 188 Å². The third-order valence-electron chi connectivity index (χ3n) is 5.52. The summed E-state index contributed by atoms with van der Waals surface area (Å²) in [5, 5.41) is 11.5. The van der Waals surface area contributed by atoms with E-state index in [0.717, 1.165) is 48.0 Å². The van der Waals surface area contributed by atoms with Crippen molar-refractivity contribution < 1.29 is 18.3 Å². The largest absolute Gasteiger partial charge is 0.394 e. The quantitative estimate of drug-likeness (QED) is 0.437. The van der Waals surface area contributed by atoms with Gasteiger partial charge in [0.2, 0.25) is 15.9 Å². The lowest BCUT2D eigenvalue weighted by atomic mass is 10.1. The number of hydrogen-bond donors (Lipinski definition) is 3. The minimum absolute atomic E-state index is 0.0644. The first-order valence-electron chi connectivity index (χ1n) is 10.7. The fraction of sp³-hybridized carbons (Fsp3) is 0.500. The zero-order valence-electron chi connectivity index (χ0n) is 17.6. The van der Waals surface area contributed by atoms with E-state index in [1.807, 2.05) is 24.3 Å². The van der Waals surface area contributed by atoms with Crippen LogP contribution in [0.1, 0.15) is 25.7 Å². The number of unbranched alkanes of at least 4 members (excludes halogenated alkanes) is 1. The van der Waals surface area contributed by atoms with Gasteiger partial charge in [-0.25, -0.2) is 8.42 Å². The van der Waals surface area contributed by atoms with Crippen LogP contribution in [0, 0.1) is 0 Å². The van der Waals surface area contributed by atoms with Crippen LogP contribution in [0.5, 0.6) is 0 Å². The second-order valence-electron chi connectivity index (χ2n) is 7.76. The maximum atomic E-state index is 13.1. The van der Waals surface area contributed by atoms with E-state index in [-0.39, 0.29) is 16.8 Å². The average molecular weight is 466 g/mol. The molecule has 31 heavy (non-hydrogen) atoms. The van der Waals surface area contributed by atoms with Crippen LogP contribution in [0.3, 0.4) is 0 Å². The summed E-state index contributed by atoms with van der Waals surface area (Å²) in [6.07, 6.45) is 3.82. The summed E-state index contributed by atoms with van der Waals surface area (Å²) in [7, 11) is -3.96. The Bertz CT molecular complexity index is 984. The summed E-state index contributed by atoms with van der Waals surface area (Å²) >= 11 is 1.79. The molecule has 1 saturated heterocycles. The number of aliphatic hydroxyl groups excluding tert-OH is 1. The number of carbonyl (C=O) groups is 1. The van der Waals surface area contributed by atoms with Crippen LogP contribution in [0.2, 0.25) is 0 Å². The number of aliphatic hydroxyl groups is 1. The molecule has 7 nitrogen and oxygen atoms in total. The molecule has 2 aromatic carbocycles. The number of thioether (sulfide) groups is 1. The molecule has 0 bridgehead atoms. The fourth-order valence-electron chi connectivity index (χ4n) is 3.82. The van der Waals surface area contributed by atoms with Crippen LogP contribution in [0.25, 0.3) is 10.8 Å². The fourth-order valence-corrected chi connectivity index (χ4v) is 6.23. The molecule has 1 fully saturated rings. The molecule has 1 aliphatic rings. The minimum atomic E-state index is -3.96. The van der Waals surface area contributed by atoms with Gasteiger partial charge in [0.05, 0.1) is 11.5 Å². The first-order chi connectivity index (χ1) is 15.0. The number of nitrogens with one attached hydrogen (secondary N) is 1. The Morgan fingerprint density at radius 2 is 2.00 bits per heavy atom. The molecule has 0 unspecified atom stereocenters. The molecule has 1 aliphatic heterocycles. The van der Waals surface area contributed by atoms with Crippen LogP contribution in [-0.4, -0.2) is 67.6 Å². The topological polar surface area (TPSA) is 113 Å². The van der Waals surface area contributed by atoms with Crippen molar-refractivity contribution in [3.05, 3.63) is 42.5 Å². The Hall–Kier alpha value is -1.65. The highest BCUT2D eigenvalue weighted by molar-refractivity contribution is 7.99. The van der Waals surface area contributed by atoms with E-state index < -0.39 is 22.7 Å². The van der Waals surface area contributed by atoms with Gasteiger partial charge in [-0.3, -0.25) is 4.79 Å². The summed E-state index contributed by atoms with van der Waals surface area (Å²) in [6.45, 7) is 0.684. The molecule has 0 aromatic heterocycles. The molecule has 3 rings (SSSR count). The number of sulfonamides is 1. The Balaban J connectivity index is 1.66. The summed E-state index contributed by atoms with van der Waals surface area (Å²) in [5.74, 6) is 1.44. The highest BCUT2D eigenvalue weighted by atomic mass is 32.2. The number of benzene rings is 2. The Morgan fingerprint density at radius 1 is 1.23 bits per heavy atom. The minimum Gasteiger partial charge on any atom is -0.394 e. The number of rotatable bonds is 11. The van der Waals surface area contributed by atoms with Crippen molar-refractivity contribution >= 4 is 38.5 Å².